The molecule has 3 rings (SSSR count). The first-order valence-corrected chi connectivity index (χ1v) is 7.58. The van der Waals surface area contributed by atoms with Gasteiger partial charge in [0.2, 0.25) is 5.91 Å². The van der Waals surface area contributed by atoms with Gasteiger partial charge in [0, 0.05) is 25.6 Å². The Morgan fingerprint density at radius 3 is 2.80 bits per heavy atom. The number of nitrogens with zero attached hydrogens (tertiary/aromatic N) is 1. The highest BCUT2D eigenvalue weighted by Crippen LogP contribution is 2.22. The molecule has 0 bridgehead atoms. The summed E-state index contributed by atoms with van der Waals surface area (Å²) in [6.45, 7) is 2.68. The molecule has 106 valence electrons. The van der Waals surface area contributed by atoms with Gasteiger partial charge in [0.1, 0.15) is 0 Å². The van der Waals surface area contributed by atoms with Gasteiger partial charge in [0.05, 0.1) is 0 Å². The van der Waals surface area contributed by atoms with Crippen molar-refractivity contribution in [1.82, 2.24) is 10.2 Å². The predicted octanol–water partition coefficient (Wildman–Crippen LogP) is 2.44. The Hall–Kier alpha value is -1.61. The van der Waals surface area contributed by atoms with Gasteiger partial charge < -0.3 is 10.2 Å². The molecule has 1 unspecified atom stereocenters. The SMILES string of the molecule is O=C(CC1CCCN1)N1CC=C(c2ccccc2)CC1. The Morgan fingerprint density at radius 2 is 2.15 bits per heavy atom. The lowest BCUT2D eigenvalue weighted by Crippen LogP contribution is -2.38. The second-order valence-corrected chi connectivity index (χ2v) is 5.68. The minimum atomic E-state index is 0.299. The Balaban J connectivity index is 1.57. The average Bonchev–Trinajstić information content (AvgIpc) is 3.01. The van der Waals surface area contributed by atoms with Crippen molar-refractivity contribution in [3.05, 3.63) is 42.0 Å². The molecule has 0 spiro atoms. The fourth-order valence-electron chi connectivity index (χ4n) is 3.08. The van der Waals surface area contributed by atoms with Crippen molar-refractivity contribution in [2.45, 2.75) is 31.7 Å². The smallest absolute Gasteiger partial charge is 0.224 e. The van der Waals surface area contributed by atoms with Crippen LogP contribution < -0.4 is 5.32 Å². The molecule has 1 aromatic carbocycles. The normalized spacial score (nSPS) is 22.7. The molecule has 1 amide bonds. The van der Waals surface area contributed by atoms with Gasteiger partial charge in [-0.05, 0) is 36.9 Å². The average molecular weight is 270 g/mol. The van der Waals surface area contributed by atoms with E-state index in [2.05, 4.69) is 35.7 Å². The molecule has 0 aliphatic carbocycles. The second-order valence-electron chi connectivity index (χ2n) is 5.68. The summed E-state index contributed by atoms with van der Waals surface area (Å²) >= 11 is 0. The molecule has 1 N–H and O–H groups in total. The number of carbonyl (C=O) groups is 1. The van der Waals surface area contributed by atoms with E-state index >= 15 is 0 Å². The van der Waals surface area contributed by atoms with Crippen LogP contribution in [0.15, 0.2) is 36.4 Å². The van der Waals surface area contributed by atoms with Crippen molar-refractivity contribution in [3.8, 4) is 0 Å². The zero-order chi connectivity index (χ0) is 13.8. The highest BCUT2D eigenvalue weighted by atomic mass is 16.2. The van der Waals surface area contributed by atoms with Crippen LogP contribution in [0.1, 0.15) is 31.2 Å². The van der Waals surface area contributed by atoms with E-state index in [0.717, 1.165) is 32.5 Å². The van der Waals surface area contributed by atoms with E-state index in [1.54, 1.807) is 0 Å². The summed E-state index contributed by atoms with van der Waals surface area (Å²) in [5, 5.41) is 3.40. The Bertz CT molecular complexity index is 489. The van der Waals surface area contributed by atoms with Crippen LogP contribution in [0.5, 0.6) is 0 Å². The molecule has 2 aliphatic heterocycles. The summed E-state index contributed by atoms with van der Waals surface area (Å²) in [5.41, 5.74) is 2.66. The molecular formula is C17H22N2O. The van der Waals surface area contributed by atoms with Gasteiger partial charge in [0.25, 0.3) is 0 Å². The largest absolute Gasteiger partial charge is 0.339 e. The molecule has 2 aliphatic rings. The van der Waals surface area contributed by atoms with E-state index in [4.69, 9.17) is 0 Å². The van der Waals surface area contributed by atoms with E-state index in [1.165, 1.54) is 17.6 Å². The Labute approximate surface area is 120 Å². The van der Waals surface area contributed by atoms with E-state index in [1.807, 2.05) is 11.0 Å². The van der Waals surface area contributed by atoms with E-state index in [9.17, 15) is 4.79 Å². The van der Waals surface area contributed by atoms with Gasteiger partial charge in [-0.2, -0.15) is 0 Å². The van der Waals surface area contributed by atoms with Crippen molar-refractivity contribution < 1.29 is 4.79 Å². The van der Waals surface area contributed by atoms with Gasteiger partial charge in [-0.25, -0.2) is 0 Å². The summed E-state index contributed by atoms with van der Waals surface area (Å²) < 4.78 is 0. The monoisotopic (exact) mass is 270 g/mol. The van der Waals surface area contributed by atoms with Crippen molar-refractivity contribution in [2.75, 3.05) is 19.6 Å². The van der Waals surface area contributed by atoms with Gasteiger partial charge in [-0.3, -0.25) is 4.79 Å². The molecule has 0 aromatic heterocycles. The first kappa shape index (κ1) is 13.4. The lowest BCUT2D eigenvalue weighted by atomic mass is 9.99. The molecule has 2 heterocycles. The summed E-state index contributed by atoms with van der Waals surface area (Å²) in [4.78, 5) is 14.2. The third-order valence-corrected chi connectivity index (χ3v) is 4.29. The molecule has 3 nitrogen and oxygen atoms in total. The van der Waals surface area contributed by atoms with Gasteiger partial charge in [-0.1, -0.05) is 36.4 Å². The molecule has 0 saturated carbocycles. The van der Waals surface area contributed by atoms with Crippen LogP contribution >= 0.6 is 0 Å². The van der Waals surface area contributed by atoms with Crippen LogP contribution in [-0.4, -0.2) is 36.5 Å². The summed E-state index contributed by atoms with van der Waals surface area (Å²) in [7, 11) is 0. The number of amides is 1. The van der Waals surface area contributed by atoms with E-state index in [-0.39, 0.29) is 0 Å². The molecule has 3 heteroatoms. The van der Waals surface area contributed by atoms with Crippen LogP contribution in [0, 0.1) is 0 Å². The van der Waals surface area contributed by atoms with Crippen LogP contribution in [0.3, 0.4) is 0 Å². The van der Waals surface area contributed by atoms with Crippen LogP contribution in [-0.2, 0) is 4.79 Å². The molecular weight excluding hydrogens is 248 g/mol. The number of hydrogen-bond acceptors (Lipinski definition) is 2. The number of benzene rings is 1. The maximum atomic E-state index is 12.3. The van der Waals surface area contributed by atoms with Crippen LogP contribution in [0.25, 0.3) is 5.57 Å². The summed E-state index contributed by atoms with van der Waals surface area (Å²) in [6, 6.07) is 10.9. The Morgan fingerprint density at radius 1 is 1.30 bits per heavy atom. The minimum Gasteiger partial charge on any atom is -0.339 e. The van der Waals surface area contributed by atoms with Crippen molar-refractivity contribution in [1.29, 1.82) is 0 Å². The van der Waals surface area contributed by atoms with Crippen molar-refractivity contribution >= 4 is 11.5 Å². The third-order valence-electron chi connectivity index (χ3n) is 4.29. The first-order valence-electron chi connectivity index (χ1n) is 7.58. The molecule has 1 atom stereocenters. The zero-order valence-corrected chi connectivity index (χ0v) is 11.8. The molecule has 0 radical (unpaired) electrons. The predicted molar refractivity (Wildman–Crippen MR) is 81.3 cm³/mol. The van der Waals surface area contributed by atoms with E-state index < -0.39 is 0 Å². The van der Waals surface area contributed by atoms with Crippen LogP contribution in [0.4, 0.5) is 0 Å². The van der Waals surface area contributed by atoms with Crippen molar-refractivity contribution in [2.24, 2.45) is 0 Å². The fraction of sp³-hybridized carbons (Fsp3) is 0.471. The number of carbonyl (C=O) groups excluding carboxylic acids is 1. The quantitative estimate of drug-likeness (QED) is 0.915. The maximum absolute atomic E-state index is 12.3. The van der Waals surface area contributed by atoms with Gasteiger partial charge in [-0.15, -0.1) is 0 Å². The third kappa shape index (κ3) is 3.10. The second kappa shape index (κ2) is 6.23. The maximum Gasteiger partial charge on any atom is 0.224 e. The van der Waals surface area contributed by atoms with E-state index in [0.29, 0.717) is 18.4 Å². The first-order chi connectivity index (χ1) is 9.83. The highest BCUT2D eigenvalue weighted by molar-refractivity contribution is 5.78. The number of rotatable bonds is 3. The lowest BCUT2D eigenvalue weighted by Gasteiger charge is -2.27. The number of nitrogens with one attached hydrogen (secondary N) is 1. The van der Waals surface area contributed by atoms with Crippen molar-refractivity contribution in [3.63, 3.8) is 0 Å². The fourth-order valence-corrected chi connectivity index (χ4v) is 3.08. The summed E-state index contributed by atoms with van der Waals surface area (Å²) in [6.07, 6.45) is 6.18. The van der Waals surface area contributed by atoms with Gasteiger partial charge in [0.15, 0.2) is 0 Å². The van der Waals surface area contributed by atoms with Crippen LogP contribution in [0.2, 0.25) is 0 Å². The topological polar surface area (TPSA) is 32.3 Å². The molecule has 1 fully saturated rings. The number of hydrogen-bond donors (Lipinski definition) is 1. The van der Waals surface area contributed by atoms with Gasteiger partial charge >= 0.3 is 0 Å². The highest BCUT2D eigenvalue weighted by Gasteiger charge is 2.23. The molecule has 1 saturated heterocycles. The lowest BCUT2D eigenvalue weighted by molar-refractivity contribution is -0.131. The molecule has 1 aromatic rings. The molecule has 20 heavy (non-hydrogen) atoms. The summed E-state index contributed by atoms with van der Waals surface area (Å²) in [5.74, 6) is 0.299. The standard InChI is InChI=1S/C17H22N2O/c20-17(13-16-7-4-10-18-16)19-11-8-15(9-12-19)14-5-2-1-3-6-14/h1-3,5-6,8,16,18H,4,7,9-13H2. The zero-order valence-electron chi connectivity index (χ0n) is 11.8. The Kier molecular flexibility index (Phi) is 4.16. The minimum absolute atomic E-state index is 0.299.